The van der Waals surface area contributed by atoms with Gasteiger partial charge in [0, 0.05) is 24.4 Å². The van der Waals surface area contributed by atoms with Gasteiger partial charge in [-0.05, 0) is 44.7 Å². The van der Waals surface area contributed by atoms with Crippen LogP contribution in [0.4, 0.5) is 0 Å². The summed E-state index contributed by atoms with van der Waals surface area (Å²) in [4.78, 5) is 9.34. The lowest BCUT2D eigenvalue weighted by Crippen LogP contribution is -2.18. The quantitative estimate of drug-likeness (QED) is 0.842. The van der Waals surface area contributed by atoms with Gasteiger partial charge >= 0.3 is 0 Å². The predicted molar refractivity (Wildman–Crippen MR) is 77.0 cm³/mol. The largest absolute Gasteiger partial charge is 0.319 e. The fraction of sp³-hybridized carbons (Fsp3) is 0.733. The molecular weight excluding hydrogens is 222 g/mol. The van der Waals surface area contributed by atoms with E-state index < -0.39 is 0 Å². The van der Waals surface area contributed by atoms with Crippen molar-refractivity contribution in [1.82, 2.24) is 15.3 Å². The molecule has 0 aliphatic rings. The SMILES string of the molecule is CNCC(C)c1c(C)nc(CCC(C)C)nc1C. The number of rotatable bonds is 6. The van der Waals surface area contributed by atoms with Crippen LogP contribution in [-0.4, -0.2) is 23.6 Å². The molecule has 102 valence electrons. The van der Waals surface area contributed by atoms with E-state index in [1.165, 1.54) is 5.56 Å². The average molecular weight is 249 g/mol. The summed E-state index contributed by atoms with van der Waals surface area (Å²) in [6, 6.07) is 0. The Labute approximate surface area is 111 Å². The zero-order valence-electron chi connectivity index (χ0n) is 12.7. The van der Waals surface area contributed by atoms with Crippen LogP contribution in [0.5, 0.6) is 0 Å². The van der Waals surface area contributed by atoms with Crippen molar-refractivity contribution < 1.29 is 0 Å². The monoisotopic (exact) mass is 249 g/mol. The minimum Gasteiger partial charge on any atom is -0.319 e. The van der Waals surface area contributed by atoms with E-state index in [1.807, 2.05) is 7.05 Å². The van der Waals surface area contributed by atoms with Crippen LogP contribution in [-0.2, 0) is 6.42 Å². The summed E-state index contributed by atoms with van der Waals surface area (Å²) in [5.41, 5.74) is 3.59. The Hall–Kier alpha value is -0.960. The summed E-state index contributed by atoms with van der Waals surface area (Å²) in [7, 11) is 1.99. The third-order valence-corrected chi connectivity index (χ3v) is 3.32. The Kier molecular flexibility index (Phi) is 5.73. The molecule has 0 saturated carbocycles. The molecule has 0 saturated heterocycles. The number of likely N-dealkylation sites (N-methyl/N-ethyl adjacent to an activating group) is 1. The summed E-state index contributed by atoms with van der Waals surface area (Å²) >= 11 is 0. The number of nitrogens with zero attached hydrogens (tertiary/aromatic N) is 2. The zero-order valence-corrected chi connectivity index (χ0v) is 12.7. The second-order valence-electron chi connectivity index (χ2n) is 5.62. The highest BCUT2D eigenvalue weighted by Gasteiger charge is 2.14. The molecular formula is C15H27N3. The molecule has 1 aromatic heterocycles. The van der Waals surface area contributed by atoms with Gasteiger partial charge in [-0.2, -0.15) is 0 Å². The lowest BCUT2D eigenvalue weighted by Gasteiger charge is -2.17. The van der Waals surface area contributed by atoms with E-state index in [4.69, 9.17) is 0 Å². The van der Waals surface area contributed by atoms with E-state index in [0.29, 0.717) is 11.8 Å². The normalized spacial score (nSPS) is 13.1. The molecule has 1 heterocycles. The molecule has 0 aliphatic heterocycles. The molecule has 0 fully saturated rings. The third kappa shape index (κ3) is 4.05. The maximum Gasteiger partial charge on any atom is 0.128 e. The first-order valence-electron chi connectivity index (χ1n) is 6.94. The number of hydrogen-bond donors (Lipinski definition) is 1. The van der Waals surface area contributed by atoms with Crippen LogP contribution in [0, 0.1) is 19.8 Å². The van der Waals surface area contributed by atoms with Crippen molar-refractivity contribution in [3.63, 3.8) is 0 Å². The van der Waals surface area contributed by atoms with Crippen LogP contribution in [0.1, 0.15) is 55.9 Å². The van der Waals surface area contributed by atoms with Gasteiger partial charge in [0.15, 0.2) is 0 Å². The number of aromatic nitrogens is 2. The fourth-order valence-electron chi connectivity index (χ4n) is 2.45. The third-order valence-electron chi connectivity index (χ3n) is 3.32. The van der Waals surface area contributed by atoms with E-state index in [0.717, 1.165) is 36.6 Å². The molecule has 0 amide bonds. The highest BCUT2D eigenvalue weighted by molar-refractivity contribution is 5.28. The summed E-state index contributed by atoms with van der Waals surface area (Å²) in [5, 5.41) is 3.22. The van der Waals surface area contributed by atoms with Crippen molar-refractivity contribution in [1.29, 1.82) is 0 Å². The molecule has 1 rings (SSSR count). The van der Waals surface area contributed by atoms with Crippen molar-refractivity contribution in [2.24, 2.45) is 5.92 Å². The maximum absolute atomic E-state index is 4.67. The molecule has 3 nitrogen and oxygen atoms in total. The van der Waals surface area contributed by atoms with Crippen LogP contribution < -0.4 is 5.32 Å². The van der Waals surface area contributed by atoms with Gasteiger partial charge in [0.2, 0.25) is 0 Å². The van der Waals surface area contributed by atoms with Crippen molar-refractivity contribution in [2.45, 2.75) is 53.4 Å². The van der Waals surface area contributed by atoms with Gasteiger partial charge < -0.3 is 5.32 Å². The van der Waals surface area contributed by atoms with E-state index >= 15 is 0 Å². The molecule has 1 unspecified atom stereocenters. The Bertz CT molecular complexity index is 362. The summed E-state index contributed by atoms with van der Waals surface area (Å²) < 4.78 is 0. The van der Waals surface area contributed by atoms with Crippen molar-refractivity contribution >= 4 is 0 Å². The Morgan fingerprint density at radius 3 is 2.06 bits per heavy atom. The minimum absolute atomic E-state index is 0.467. The van der Waals surface area contributed by atoms with Crippen LogP contribution in [0.2, 0.25) is 0 Å². The first-order valence-corrected chi connectivity index (χ1v) is 6.94. The number of aryl methyl sites for hydroxylation is 3. The molecule has 18 heavy (non-hydrogen) atoms. The van der Waals surface area contributed by atoms with Crippen molar-refractivity contribution in [3.8, 4) is 0 Å². The van der Waals surface area contributed by atoms with Gasteiger partial charge in [-0.15, -0.1) is 0 Å². The summed E-state index contributed by atoms with van der Waals surface area (Å²) in [6.45, 7) is 11.9. The molecule has 0 aromatic carbocycles. The van der Waals surface area contributed by atoms with Crippen molar-refractivity contribution in [3.05, 3.63) is 22.8 Å². The van der Waals surface area contributed by atoms with Gasteiger partial charge in [0.25, 0.3) is 0 Å². The number of nitrogens with one attached hydrogen (secondary N) is 1. The molecule has 0 spiro atoms. The Morgan fingerprint density at radius 2 is 1.61 bits per heavy atom. The second kappa shape index (κ2) is 6.83. The van der Waals surface area contributed by atoms with Crippen LogP contribution in [0.3, 0.4) is 0 Å². The molecule has 1 aromatic rings. The lowest BCUT2D eigenvalue weighted by molar-refractivity contribution is 0.570. The first-order chi connectivity index (χ1) is 8.45. The second-order valence-corrected chi connectivity index (χ2v) is 5.62. The van der Waals surface area contributed by atoms with Crippen LogP contribution >= 0.6 is 0 Å². The smallest absolute Gasteiger partial charge is 0.128 e. The maximum atomic E-state index is 4.67. The van der Waals surface area contributed by atoms with Crippen molar-refractivity contribution in [2.75, 3.05) is 13.6 Å². The predicted octanol–water partition coefficient (Wildman–Crippen LogP) is 3.00. The van der Waals surface area contributed by atoms with Gasteiger partial charge in [0.05, 0.1) is 0 Å². The number of hydrogen-bond acceptors (Lipinski definition) is 3. The first kappa shape index (κ1) is 15.1. The highest BCUT2D eigenvalue weighted by Crippen LogP contribution is 2.21. The molecule has 3 heteroatoms. The van der Waals surface area contributed by atoms with Crippen LogP contribution in [0.25, 0.3) is 0 Å². The Morgan fingerprint density at radius 1 is 1.06 bits per heavy atom. The standard InChI is InChI=1S/C15H27N3/c1-10(2)7-8-14-17-12(4)15(13(5)18-14)11(3)9-16-6/h10-11,16H,7-9H2,1-6H3. The molecule has 0 radical (unpaired) electrons. The van der Waals surface area contributed by atoms with Gasteiger partial charge in [-0.1, -0.05) is 20.8 Å². The van der Waals surface area contributed by atoms with Gasteiger partial charge in [-0.25, -0.2) is 9.97 Å². The summed E-state index contributed by atoms with van der Waals surface area (Å²) in [5.74, 6) is 2.17. The summed E-state index contributed by atoms with van der Waals surface area (Å²) in [6.07, 6.45) is 2.14. The zero-order chi connectivity index (χ0) is 13.7. The topological polar surface area (TPSA) is 37.8 Å². The van der Waals surface area contributed by atoms with Gasteiger partial charge in [-0.3, -0.25) is 0 Å². The van der Waals surface area contributed by atoms with E-state index in [9.17, 15) is 0 Å². The Balaban J connectivity index is 2.90. The minimum atomic E-state index is 0.467. The van der Waals surface area contributed by atoms with E-state index in [-0.39, 0.29) is 0 Å². The molecule has 0 bridgehead atoms. The lowest BCUT2D eigenvalue weighted by atomic mass is 9.97. The molecule has 1 atom stereocenters. The fourth-order valence-corrected chi connectivity index (χ4v) is 2.45. The van der Waals surface area contributed by atoms with E-state index in [1.54, 1.807) is 0 Å². The van der Waals surface area contributed by atoms with Crippen LogP contribution in [0.15, 0.2) is 0 Å². The van der Waals surface area contributed by atoms with Gasteiger partial charge in [0.1, 0.15) is 5.82 Å². The van der Waals surface area contributed by atoms with E-state index in [2.05, 4.69) is 49.9 Å². The highest BCUT2D eigenvalue weighted by atomic mass is 14.9. The molecule has 1 N–H and O–H groups in total. The average Bonchev–Trinajstić information content (AvgIpc) is 2.25. The molecule has 0 aliphatic carbocycles.